The number of carbonyl (C=O) groups is 1. The fourth-order valence-corrected chi connectivity index (χ4v) is 2.03. The molecule has 102 valence electrons. The van der Waals surface area contributed by atoms with Crippen LogP contribution in [0.3, 0.4) is 0 Å². The molecule has 2 aromatic rings. The Kier molecular flexibility index (Phi) is 4.67. The van der Waals surface area contributed by atoms with Crippen LogP contribution in [0.4, 0.5) is 5.69 Å². The number of nitrogens with one attached hydrogen (secondary N) is 1. The van der Waals surface area contributed by atoms with Crippen LogP contribution in [-0.4, -0.2) is 10.8 Å². The quantitative estimate of drug-likeness (QED) is 0.502. The van der Waals surface area contributed by atoms with Crippen LogP contribution in [0, 0.1) is 13.7 Å². The summed E-state index contributed by atoms with van der Waals surface area (Å²) in [5.74, 6) is -0.201. The van der Waals surface area contributed by atoms with E-state index in [1.807, 2.05) is 12.1 Å². The molecule has 0 heterocycles. The standard InChI is InChI=1S/C14H11IN2O3/c15-12-6-4-11(5-7-12)14(18)16-9-10-2-1-3-13(8-10)17(19)20/h1-8H,9H2,(H,16,18). The first-order valence-electron chi connectivity index (χ1n) is 5.83. The molecule has 0 aliphatic carbocycles. The first-order chi connectivity index (χ1) is 9.56. The normalized spacial score (nSPS) is 10.1. The minimum atomic E-state index is -0.454. The molecule has 0 unspecified atom stereocenters. The van der Waals surface area contributed by atoms with Crippen molar-refractivity contribution in [2.75, 3.05) is 0 Å². The Morgan fingerprint density at radius 1 is 1.20 bits per heavy atom. The van der Waals surface area contributed by atoms with Gasteiger partial charge >= 0.3 is 0 Å². The van der Waals surface area contributed by atoms with Gasteiger partial charge < -0.3 is 5.32 Å². The van der Waals surface area contributed by atoms with E-state index in [1.165, 1.54) is 12.1 Å². The highest BCUT2D eigenvalue weighted by atomic mass is 127. The molecule has 0 aliphatic heterocycles. The molecule has 0 aromatic heterocycles. The zero-order chi connectivity index (χ0) is 14.5. The molecule has 6 heteroatoms. The van der Waals surface area contributed by atoms with Gasteiger partial charge in [0.25, 0.3) is 11.6 Å². The fraction of sp³-hybridized carbons (Fsp3) is 0.0714. The lowest BCUT2D eigenvalue weighted by molar-refractivity contribution is -0.384. The fourth-order valence-electron chi connectivity index (χ4n) is 1.67. The van der Waals surface area contributed by atoms with Crippen molar-refractivity contribution in [2.24, 2.45) is 0 Å². The summed E-state index contributed by atoms with van der Waals surface area (Å²) in [6.07, 6.45) is 0. The molecule has 0 saturated heterocycles. The van der Waals surface area contributed by atoms with E-state index in [2.05, 4.69) is 27.9 Å². The Labute approximate surface area is 129 Å². The summed E-state index contributed by atoms with van der Waals surface area (Å²) in [6, 6.07) is 13.4. The third-order valence-corrected chi connectivity index (χ3v) is 3.40. The Balaban J connectivity index is 2.01. The summed E-state index contributed by atoms with van der Waals surface area (Å²) in [6.45, 7) is 0.256. The molecule has 1 amide bonds. The molecule has 0 spiro atoms. The average Bonchev–Trinajstić information content (AvgIpc) is 2.46. The molecule has 20 heavy (non-hydrogen) atoms. The van der Waals surface area contributed by atoms with Crippen molar-refractivity contribution < 1.29 is 9.72 Å². The second kappa shape index (κ2) is 6.47. The van der Waals surface area contributed by atoms with Gasteiger partial charge in [-0.3, -0.25) is 14.9 Å². The number of nitro groups is 1. The van der Waals surface area contributed by atoms with Gasteiger partial charge in [0.2, 0.25) is 0 Å². The van der Waals surface area contributed by atoms with Crippen LogP contribution < -0.4 is 5.32 Å². The lowest BCUT2D eigenvalue weighted by atomic mass is 10.2. The Bertz CT molecular complexity index is 641. The van der Waals surface area contributed by atoms with Crippen LogP contribution in [0.2, 0.25) is 0 Å². The zero-order valence-corrected chi connectivity index (χ0v) is 12.5. The lowest BCUT2D eigenvalue weighted by Crippen LogP contribution is -2.22. The van der Waals surface area contributed by atoms with Gasteiger partial charge in [-0.05, 0) is 52.4 Å². The summed E-state index contributed by atoms with van der Waals surface area (Å²) < 4.78 is 1.05. The zero-order valence-electron chi connectivity index (χ0n) is 10.4. The van der Waals surface area contributed by atoms with Gasteiger partial charge in [-0.2, -0.15) is 0 Å². The molecule has 5 nitrogen and oxygen atoms in total. The van der Waals surface area contributed by atoms with Crippen LogP contribution in [0.15, 0.2) is 48.5 Å². The van der Waals surface area contributed by atoms with Crippen LogP contribution in [0.25, 0.3) is 0 Å². The molecule has 2 rings (SSSR count). The number of hydrogen-bond acceptors (Lipinski definition) is 3. The highest BCUT2D eigenvalue weighted by molar-refractivity contribution is 14.1. The first-order valence-corrected chi connectivity index (χ1v) is 6.91. The number of halogens is 1. The second-order valence-electron chi connectivity index (χ2n) is 4.12. The van der Waals surface area contributed by atoms with Crippen LogP contribution in [-0.2, 0) is 6.54 Å². The van der Waals surface area contributed by atoms with Gasteiger partial charge in [0, 0.05) is 27.8 Å². The molecule has 0 fully saturated rings. The van der Waals surface area contributed by atoms with Gasteiger partial charge in [0.15, 0.2) is 0 Å². The number of carbonyl (C=O) groups excluding carboxylic acids is 1. The SMILES string of the molecule is O=C(NCc1cccc([N+](=O)[O-])c1)c1ccc(I)cc1. The number of hydrogen-bond donors (Lipinski definition) is 1. The maximum atomic E-state index is 11.9. The van der Waals surface area contributed by atoms with E-state index in [0.717, 1.165) is 3.57 Å². The molecule has 0 radical (unpaired) electrons. The molecule has 0 saturated carbocycles. The minimum absolute atomic E-state index is 0.0195. The van der Waals surface area contributed by atoms with E-state index in [4.69, 9.17) is 0 Å². The highest BCUT2D eigenvalue weighted by Gasteiger charge is 2.08. The Morgan fingerprint density at radius 2 is 1.90 bits per heavy atom. The molecule has 0 bridgehead atoms. The van der Waals surface area contributed by atoms with Crippen molar-refractivity contribution in [1.29, 1.82) is 0 Å². The number of amides is 1. The maximum Gasteiger partial charge on any atom is 0.269 e. The average molecular weight is 382 g/mol. The van der Waals surface area contributed by atoms with Crippen molar-refractivity contribution in [1.82, 2.24) is 5.32 Å². The molecular weight excluding hydrogens is 371 g/mol. The largest absolute Gasteiger partial charge is 0.348 e. The monoisotopic (exact) mass is 382 g/mol. The summed E-state index contributed by atoms with van der Waals surface area (Å²) in [5, 5.41) is 13.4. The van der Waals surface area contributed by atoms with Crippen LogP contribution in [0.5, 0.6) is 0 Å². The lowest BCUT2D eigenvalue weighted by Gasteiger charge is -2.05. The predicted molar refractivity (Wildman–Crippen MR) is 83.4 cm³/mol. The molecule has 1 N–H and O–H groups in total. The number of rotatable bonds is 4. The molecule has 0 atom stereocenters. The van der Waals surface area contributed by atoms with E-state index < -0.39 is 4.92 Å². The van der Waals surface area contributed by atoms with Crippen molar-refractivity contribution in [2.45, 2.75) is 6.54 Å². The van der Waals surface area contributed by atoms with Crippen LogP contribution >= 0.6 is 22.6 Å². The van der Waals surface area contributed by atoms with E-state index in [9.17, 15) is 14.9 Å². The number of benzene rings is 2. The summed E-state index contributed by atoms with van der Waals surface area (Å²) in [4.78, 5) is 22.1. The van der Waals surface area contributed by atoms with Crippen molar-refractivity contribution >= 4 is 34.2 Å². The van der Waals surface area contributed by atoms with E-state index >= 15 is 0 Å². The summed E-state index contributed by atoms with van der Waals surface area (Å²) in [7, 11) is 0. The molecular formula is C14H11IN2O3. The van der Waals surface area contributed by atoms with Gasteiger partial charge in [0.1, 0.15) is 0 Å². The third-order valence-electron chi connectivity index (χ3n) is 2.68. The molecule has 2 aromatic carbocycles. The number of non-ortho nitro benzene ring substituents is 1. The van der Waals surface area contributed by atoms with Gasteiger partial charge in [-0.1, -0.05) is 12.1 Å². The highest BCUT2D eigenvalue weighted by Crippen LogP contribution is 2.13. The summed E-state index contributed by atoms with van der Waals surface area (Å²) in [5.41, 5.74) is 1.28. The van der Waals surface area contributed by atoms with Crippen molar-refractivity contribution in [3.8, 4) is 0 Å². The van der Waals surface area contributed by atoms with Gasteiger partial charge in [-0.15, -0.1) is 0 Å². The number of nitro benzene ring substituents is 1. The Hall–Kier alpha value is -1.96. The predicted octanol–water partition coefficient (Wildman–Crippen LogP) is 3.13. The van der Waals surface area contributed by atoms with Gasteiger partial charge in [-0.25, -0.2) is 0 Å². The third kappa shape index (κ3) is 3.77. The van der Waals surface area contributed by atoms with E-state index in [-0.39, 0.29) is 18.1 Å². The first kappa shape index (κ1) is 14.4. The van der Waals surface area contributed by atoms with Gasteiger partial charge in [0.05, 0.1) is 4.92 Å². The summed E-state index contributed by atoms with van der Waals surface area (Å²) >= 11 is 2.16. The second-order valence-corrected chi connectivity index (χ2v) is 5.36. The van der Waals surface area contributed by atoms with E-state index in [1.54, 1.807) is 24.3 Å². The smallest absolute Gasteiger partial charge is 0.269 e. The maximum absolute atomic E-state index is 11.9. The number of nitrogens with zero attached hydrogens (tertiary/aromatic N) is 1. The van der Waals surface area contributed by atoms with E-state index in [0.29, 0.717) is 11.1 Å². The minimum Gasteiger partial charge on any atom is -0.348 e. The van der Waals surface area contributed by atoms with Crippen LogP contribution in [0.1, 0.15) is 15.9 Å². The molecule has 0 aliphatic rings. The topological polar surface area (TPSA) is 72.2 Å². The Morgan fingerprint density at radius 3 is 2.55 bits per heavy atom. The van der Waals surface area contributed by atoms with Crippen molar-refractivity contribution in [3.63, 3.8) is 0 Å². The van der Waals surface area contributed by atoms with Crippen molar-refractivity contribution in [3.05, 3.63) is 73.3 Å².